The van der Waals surface area contributed by atoms with Crippen LogP contribution in [0.2, 0.25) is 0 Å². The smallest absolute Gasteiger partial charge is 0.311 e. The van der Waals surface area contributed by atoms with E-state index >= 15 is 0 Å². The van der Waals surface area contributed by atoms with Crippen LogP contribution in [0.1, 0.15) is 25.3 Å². The van der Waals surface area contributed by atoms with E-state index in [9.17, 15) is 4.79 Å². The Hall–Kier alpha value is -1.64. The van der Waals surface area contributed by atoms with E-state index in [2.05, 4.69) is 0 Å². The summed E-state index contributed by atoms with van der Waals surface area (Å²) in [5, 5.41) is 7.65. The van der Waals surface area contributed by atoms with Crippen molar-refractivity contribution in [2.24, 2.45) is 0 Å². The minimum Gasteiger partial charge on any atom is -0.466 e. The second-order valence-corrected chi connectivity index (χ2v) is 3.57. The number of carbonyl (C=O) groups is 1. The Morgan fingerprint density at radius 2 is 2.00 bits per heavy atom. The minimum absolute atomic E-state index is 0.112. The first-order valence-electron chi connectivity index (χ1n) is 5.48. The van der Waals surface area contributed by atoms with E-state index in [1.54, 1.807) is 6.92 Å². The third-order valence-electron chi connectivity index (χ3n) is 2.22. The number of benzene rings is 1. The molecule has 0 amide bonds. The van der Waals surface area contributed by atoms with Gasteiger partial charge >= 0.3 is 5.97 Å². The van der Waals surface area contributed by atoms with E-state index in [4.69, 9.17) is 10.1 Å². The lowest BCUT2D eigenvalue weighted by Crippen LogP contribution is -2.11. The number of aryl methyl sites for hydroxylation is 1. The minimum atomic E-state index is -0.305. The summed E-state index contributed by atoms with van der Waals surface area (Å²) >= 11 is 0. The van der Waals surface area contributed by atoms with Gasteiger partial charge in [0, 0.05) is 5.71 Å². The molecule has 0 fully saturated rings. The molecule has 3 heteroatoms. The molecule has 0 radical (unpaired) electrons. The van der Waals surface area contributed by atoms with Crippen LogP contribution in [0, 0.1) is 5.41 Å². The van der Waals surface area contributed by atoms with Gasteiger partial charge in [-0.2, -0.15) is 0 Å². The Morgan fingerprint density at radius 1 is 1.31 bits per heavy atom. The van der Waals surface area contributed by atoms with Gasteiger partial charge in [-0.15, -0.1) is 0 Å². The number of rotatable bonds is 6. The average molecular weight is 219 g/mol. The fourth-order valence-corrected chi connectivity index (χ4v) is 1.41. The van der Waals surface area contributed by atoms with Crippen molar-refractivity contribution < 1.29 is 9.53 Å². The van der Waals surface area contributed by atoms with Gasteiger partial charge < -0.3 is 10.1 Å². The Morgan fingerprint density at radius 3 is 2.62 bits per heavy atom. The van der Waals surface area contributed by atoms with Crippen molar-refractivity contribution in [1.29, 1.82) is 5.41 Å². The topological polar surface area (TPSA) is 50.2 Å². The van der Waals surface area contributed by atoms with Crippen LogP contribution in [-0.4, -0.2) is 18.3 Å². The predicted molar refractivity (Wildman–Crippen MR) is 63.7 cm³/mol. The first-order valence-corrected chi connectivity index (χ1v) is 5.48. The molecule has 0 saturated heterocycles. The van der Waals surface area contributed by atoms with Gasteiger partial charge in [0.1, 0.15) is 0 Å². The summed E-state index contributed by atoms with van der Waals surface area (Å²) in [4.78, 5) is 11.1. The third kappa shape index (κ3) is 4.73. The molecule has 0 saturated carbocycles. The number of hydrogen-bond acceptors (Lipinski definition) is 3. The second-order valence-electron chi connectivity index (χ2n) is 3.57. The molecule has 0 spiro atoms. The molecule has 0 heterocycles. The van der Waals surface area contributed by atoms with Gasteiger partial charge in [0.25, 0.3) is 0 Å². The number of esters is 1. The number of hydrogen-bond donors (Lipinski definition) is 1. The van der Waals surface area contributed by atoms with E-state index in [1.807, 2.05) is 30.3 Å². The molecule has 0 unspecified atom stereocenters. The van der Waals surface area contributed by atoms with Crippen molar-refractivity contribution in [3.8, 4) is 0 Å². The first-order chi connectivity index (χ1) is 7.72. The Bertz CT molecular complexity index is 346. The van der Waals surface area contributed by atoms with Crippen LogP contribution < -0.4 is 0 Å². The Labute approximate surface area is 95.9 Å². The van der Waals surface area contributed by atoms with Gasteiger partial charge in [-0.1, -0.05) is 30.3 Å². The van der Waals surface area contributed by atoms with Gasteiger partial charge in [0.15, 0.2) is 0 Å². The first kappa shape index (κ1) is 12.4. The van der Waals surface area contributed by atoms with Crippen molar-refractivity contribution in [2.75, 3.05) is 6.61 Å². The fraction of sp³-hybridized carbons (Fsp3) is 0.385. The van der Waals surface area contributed by atoms with Gasteiger partial charge in [-0.05, 0) is 25.3 Å². The van der Waals surface area contributed by atoms with Crippen LogP contribution in [-0.2, 0) is 16.0 Å². The molecule has 0 aliphatic rings. The largest absolute Gasteiger partial charge is 0.466 e. The van der Waals surface area contributed by atoms with Crippen LogP contribution in [0.25, 0.3) is 0 Å². The molecule has 0 bridgehead atoms. The van der Waals surface area contributed by atoms with Crippen molar-refractivity contribution in [2.45, 2.75) is 26.2 Å². The van der Waals surface area contributed by atoms with Gasteiger partial charge in [0.2, 0.25) is 0 Å². The standard InChI is InChI=1S/C13H17NO2/c1-2-16-13(15)10-12(14)9-8-11-6-4-3-5-7-11/h3-7,14H,2,8-10H2,1H3. The maximum absolute atomic E-state index is 11.1. The molecular formula is C13H17NO2. The van der Waals surface area contributed by atoms with Crippen molar-refractivity contribution in [1.82, 2.24) is 0 Å². The third-order valence-corrected chi connectivity index (χ3v) is 2.22. The van der Waals surface area contributed by atoms with E-state index in [0.29, 0.717) is 18.7 Å². The lowest BCUT2D eigenvalue weighted by Gasteiger charge is -2.04. The zero-order valence-electron chi connectivity index (χ0n) is 9.53. The molecule has 1 N–H and O–H groups in total. The highest BCUT2D eigenvalue weighted by molar-refractivity contribution is 5.97. The molecule has 0 atom stereocenters. The number of ether oxygens (including phenoxy) is 1. The SMILES string of the molecule is CCOC(=O)CC(=N)CCc1ccccc1. The summed E-state index contributed by atoms with van der Waals surface area (Å²) in [5.74, 6) is -0.305. The Kier molecular flexibility index (Phi) is 5.26. The van der Waals surface area contributed by atoms with Crippen LogP contribution in [0.3, 0.4) is 0 Å². The summed E-state index contributed by atoms with van der Waals surface area (Å²) in [5.41, 5.74) is 1.62. The highest BCUT2D eigenvalue weighted by Gasteiger charge is 2.06. The van der Waals surface area contributed by atoms with E-state index in [-0.39, 0.29) is 12.4 Å². The summed E-state index contributed by atoms with van der Waals surface area (Å²) in [6.07, 6.45) is 1.53. The number of nitrogens with one attached hydrogen (secondary N) is 1. The zero-order chi connectivity index (χ0) is 11.8. The van der Waals surface area contributed by atoms with Gasteiger partial charge in [-0.3, -0.25) is 4.79 Å². The second kappa shape index (κ2) is 6.77. The highest BCUT2D eigenvalue weighted by atomic mass is 16.5. The van der Waals surface area contributed by atoms with E-state index in [0.717, 1.165) is 6.42 Å². The molecule has 1 rings (SSSR count). The van der Waals surface area contributed by atoms with Crippen LogP contribution in [0.15, 0.2) is 30.3 Å². The highest BCUT2D eigenvalue weighted by Crippen LogP contribution is 2.04. The molecule has 1 aromatic rings. The zero-order valence-corrected chi connectivity index (χ0v) is 9.53. The van der Waals surface area contributed by atoms with Crippen molar-refractivity contribution >= 4 is 11.7 Å². The van der Waals surface area contributed by atoms with Gasteiger partial charge in [-0.25, -0.2) is 0 Å². The number of carbonyl (C=O) groups excluding carboxylic acids is 1. The molecule has 0 aromatic heterocycles. The predicted octanol–water partition coefficient (Wildman–Crippen LogP) is 2.59. The summed E-state index contributed by atoms with van der Waals surface area (Å²) < 4.78 is 4.78. The normalized spacial score (nSPS) is 9.81. The maximum atomic E-state index is 11.1. The molecule has 86 valence electrons. The molecular weight excluding hydrogens is 202 g/mol. The van der Waals surface area contributed by atoms with Crippen LogP contribution >= 0.6 is 0 Å². The van der Waals surface area contributed by atoms with Crippen LogP contribution in [0.5, 0.6) is 0 Å². The van der Waals surface area contributed by atoms with Crippen molar-refractivity contribution in [3.63, 3.8) is 0 Å². The van der Waals surface area contributed by atoms with E-state index < -0.39 is 0 Å². The molecule has 3 nitrogen and oxygen atoms in total. The molecule has 0 aliphatic heterocycles. The lowest BCUT2D eigenvalue weighted by molar-refractivity contribution is -0.141. The summed E-state index contributed by atoms with van der Waals surface area (Å²) in [6.45, 7) is 2.15. The van der Waals surface area contributed by atoms with Crippen molar-refractivity contribution in [3.05, 3.63) is 35.9 Å². The van der Waals surface area contributed by atoms with E-state index in [1.165, 1.54) is 5.56 Å². The summed E-state index contributed by atoms with van der Waals surface area (Å²) in [6, 6.07) is 9.97. The summed E-state index contributed by atoms with van der Waals surface area (Å²) in [7, 11) is 0. The lowest BCUT2D eigenvalue weighted by atomic mass is 10.1. The fourth-order valence-electron chi connectivity index (χ4n) is 1.41. The average Bonchev–Trinajstić information content (AvgIpc) is 2.28. The Balaban J connectivity index is 2.28. The quantitative estimate of drug-likeness (QED) is 0.590. The monoisotopic (exact) mass is 219 g/mol. The molecule has 0 aliphatic carbocycles. The maximum Gasteiger partial charge on any atom is 0.311 e. The molecule has 16 heavy (non-hydrogen) atoms. The molecule has 1 aromatic carbocycles. The van der Waals surface area contributed by atoms with Gasteiger partial charge in [0.05, 0.1) is 13.0 Å². The van der Waals surface area contributed by atoms with Crippen LogP contribution in [0.4, 0.5) is 0 Å².